The summed E-state index contributed by atoms with van der Waals surface area (Å²) < 4.78 is 0. The van der Waals surface area contributed by atoms with Gasteiger partial charge in [0.2, 0.25) is 0 Å². The Hall–Kier alpha value is -1.39. The highest BCUT2D eigenvalue weighted by Gasteiger charge is 2.53. The van der Waals surface area contributed by atoms with E-state index in [1.54, 1.807) is 17.2 Å². The number of rotatable bonds is 2. The smallest absolute Gasteiger partial charge is 0.357 e. The van der Waals surface area contributed by atoms with Crippen molar-refractivity contribution in [3.63, 3.8) is 0 Å². The molecular weight excluding hydrogens is 228 g/mol. The molecule has 0 amide bonds. The molecule has 2 N–H and O–H groups in total. The second-order valence-corrected chi connectivity index (χ2v) is 5.35. The number of piperidine rings is 1. The minimum absolute atomic E-state index is 0.272. The van der Waals surface area contributed by atoms with Crippen LogP contribution in [0.25, 0.3) is 0 Å². The third-order valence-electron chi connectivity index (χ3n) is 4.19. The average Bonchev–Trinajstić information content (AvgIpc) is 3.03. The van der Waals surface area contributed by atoms with Crippen LogP contribution in [-0.2, 0) is 4.84 Å². The average molecular weight is 246 g/mol. The SMILES string of the molecule is N[C@H]1CC12CCN(OC(=O)c1ccccc1)CC2. The minimum atomic E-state index is -0.272. The lowest BCUT2D eigenvalue weighted by Crippen LogP contribution is -2.38. The molecule has 1 spiro atoms. The van der Waals surface area contributed by atoms with Crippen molar-refractivity contribution in [2.24, 2.45) is 11.1 Å². The molecule has 0 bridgehead atoms. The van der Waals surface area contributed by atoms with Crippen LogP contribution >= 0.6 is 0 Å². The van der Waals surface area contributed by atoms with Crippen LogP contribution in [0.15, 0.2) is 30.3 Å². The zero-order valence-electron chi connectivity index (χ0n) is 10.3. The fourth-order valence-corrected chi connectivity index (χ4v) is 2.72. The Labute approximate surface area is 107 Å². The van der Waals surface area contributed by atoms with Gasteiger partial charge in [0.05, 0.1) is 5.56 Å². The molecule has 4 nitrogen and oxygen atoms in total. The number of hydroxylamine groups is 2. The van der Waals surface area contributed by atoms with E-state index in [0.717, 1.165) is 32.4 Å². The summed E-state index contributed by atoms with van der Waals surface area (Å²) in [6, 6.07) is 9.46. The van der Waals surface area contributed by atoms with E-state index in [4.69, 9.17) is 10.6 Å². The molecule has 2 fully saturated rings. The van der Waals surface area contributed by atoms with E-state index in [0.29, 0.717) is 17.0 Å². The molecule has 1 atom stereocenters. The number of hydrogen-bond donors (Lipinski definition) is 1. The summed E-state index contributed by atoms with van der Waals surface area (Å²) in [5.41, 5.74) is 6.90. The minimum Gasteiger partial charge on any atom is -0.364 e. The first kappa shape index (κ1) is 11.7. The second kappa shape index (κ2) is 4.37. The lowest BCUT2D eigenvalue weighted by atomic mass is 9.94. The lowest BCUT2D eigenvalue weighted by molar-refractivity contribution is -0.128. The topological polar surface area (TPSA) is 55.6 Å². The number of nitrogens with two attached hydrogens (primary N) is 1. The molecule has 0 radical (unpaired) electrons. The maximum Gasteiger partial charge on any atom is 0.357 e. The molecular formula is C14H18N2O2. The van der Waals surface area contributed by atoms with Gasteiger partial charge in [0.15, 0.2) is 0 Å². The van der Waals surface area contributed by atoms with Gasteiger partial charge in [-0.15, -0.1) is 5.06 Å². The third kappa shape index (κ3) is 2.13. The second-order valence-electron chi connectivity index (χ2n) is 5.35. The Kier molecular flexibility index (Phi) is 2.84. The van der Waals surface area contributed by atoms with E-state index in [2.05, 4.69) is 0 Å². The van der Waals surface area contributed by atoms with Crippen LogP contribution in [0.1, 0.15) is 29.6 Å². The van der Waals surface area contributed by atoms with Gasteiger partial charge in [0, 0.05) is 19.1 Å². The first-order chi connectivity index (χ1) is 8.70. The van der Waals surface area contributed by atoms with Crippen LogP contribution in [-0.4, -0.2) is 30.2 Å². The number of nitrogens with zero attached hydrogens (tertiary/aromatic N) is 1. The van der Waals surface area contributed by atoms with Gasteiger partial charge in [0.25, 0.3) is 0 Å². The molecule has 3 rings (SSSR count). The zero-order valence-corrected chi connectivity index (χ0v) is 10.3. The van der Waals surface area contributed by atoms with Gasteiger partial charge < -0.3 is 10.6 Å². The van der Waals surface area contributed by atoms with E-state index in [1.807, 2.05) is 18.2 Å². The normalized spacial score (nSPS) is 25.9. The monoisotopic (exact) mass is 246 g/mol. The quantitative estimate of drug-likeness (QED) is 0.860. The molecule has 0 aromatic heterocycles. The molecule has 0 unspecified atom stereocenters. The lowest BCUT2D eigenvalue weighted by Gasteiger charge is -2.30. The van der Waals surface area contributed by atoms with E-state index in [-0.39, 0.29) is 5.97 Å². The van der Waals surface area contributed by atoms with Crippen LogP contribution in [0.3, 0.4) is 0 Å². The molecule has 1 aliphatic carbocycles. The van der Waals surface area contributed by atoms with Crippen LogP contribution in [0.4, 0.5) is 0 Å². The zero-order chi connectivity index (χ0) is 12.6. The van der Waals surface area contributed by atoms with Crippen molar-refractivity contribution in [2.75, 3.05) is 13.1 Å². The largest absolute Gasteiger partial charge is 0.364 e. The highest BCUT2D eigenvalue weighted by molar-refractivity contribution is 5.89. The maximum atomic E-state index is 11.9. The fraction of sp³-hybridized carbons (Fsp3) is 0.500. The van der Waals surface area contributed by atoms with Crippen molar-refractivity contribution in [3.8, 4) is 0 Å². The Morgan fingerprint density at radius 3 is 2.44 bits per heavy atom. The number of carbonyl (C=O) groups is 1. The van der Waals surface area contributed by atoms with Gasteiger partial charge in [-0.2, -0.15) is 0 Å². The van der Waals surface area contributed by atoms with Crippen LogP contribution in [0.5, 0.6) is 0 Å². The standard InChI is InChI=1S/C14H18N2O2/c15-12-10-14(12)6-8-16(9-7-14)18-13(17)11-4-2-1-3-5-11/h1-5,12H,6-10,15H2/t12-/m0/s1. The Balaban J connectivity index is 1.54. The van der Waals surface area contributed by atoms with Crippen LogP contribution < -0.4 is 5.73 Å². The Morgan fingerprint density at radius 1 is 1.28 bits per heavy atom. The van der Waals surface area contributed by atoms with Gasteiger partial charge in [0.1, 0.15) is 0 Å². The summed E-state index contributed by atoms with van der Waals surface area (Å²) in [7, 11) is 0. The highest BCUT2D eigenvalue weighted by atomic mass is 16.7. The van der Waals surface area contributed by atoms with Gasteiger partial charge in [-0.25, -0.2) is 4.79 Å². The van der Waals surface area contributed by atoms with Crippen molar-refractivity contribution in [3.05, 3.63) is 35.9 Å². The Bertz CT molecular complexity index is 438. The number of hydrogen-bond acceptors (Lipinski definition) is 4. The summed E-state index contributed by atoms with van der Waals surface area (Å²) in [6.45, 7) is 1.60. The molecule has 1 aliphatic heterocycles. The van der Waals surface area contributed by atoms with Gasteiger partial charge in [-0.1, -0.05) is 18.2 Å². The maximum absolute atomic E-state index is 11.9. The molecule has 1 aromatic rings. The van der Waals surface area contributed by atoms with Crippen LogP contribution in [0.2, 0.25) is 0 Å². The summed E-state index contributed by atoms with van der Waals surface area (Å²) >= 11 is 0. The molecule has 1 saturated carbocycles. The summed E-state index contributed by atoms with van der Waals surface area (Å²) in [5, 5.41) is 1.77. The molecule has 96 valence electrons. The van der Waals surface area contributed by atoms with E-state index >= 15 is 0 Å². The summed E-state index contributed by atoms with van der Waals surface area (Å²) in [4.78, 5) is 17.3. The van der Waals surface area contributed by atoms with E-state index < -0.39 is 0 Å². The number of carbonyl (C=O) groups excluding carboxylic acids is 1. The van der Waals surface area contributed by atoms with Gasteiger partial charge in [-0.3, -0.25) is 0 Å². The highest BCUT2D eigenvalue weighted by Crippen LogP contribution is 2.52. The first-order valence-corrected chi connectivity index (χ1v) is 6.47. The van der Waals surface area contributed by atoms with Crippen molar-refractivity contribution in [1.82, 2.24) is 5.06 Å². The molecule has 2 aliphatic rings. The molecule has 1 saturated heterocycles. The Morgan fingerprint density at radius 2 is 1.89 bits per heavy atom. The predicted octanol–water partition coefficient (Wildman–Crippen LogP) is 1.57. The summed E-state index contributed by atoms with van der Waals surface area (Å²) in [5.74, 6) is -0.272. The summed E-state index contributed by atoms with van der Waals surface area (Å²) in [6.07, 6.45) is 3.21. The predicted molar refractivity (Wildman–Crippen MR) is 67.7 cm³/mol. The third-order valence-corrected chi connectivity index (χ3v) is 4.19. The fourth-order valence-electron chi connectivity index (χ4n) is 2.72. The molecule has 1 aromatic carbocycles. The molecule has 18 heavy (non-hydrogen) atoms. The van der Waals surface area contributed by atoms with Gasteiger partial charge in [-0.05, 0) is 36.8 Å². The van der Waals surface area contributed by atoms with Crippen molar-refractivity contribution in [1.29, 1.82) is 0 Å². The van der Waals surface area contributed by atoms with Gasteiger partial charge >= 0.3 is 5.97 Å². The van der Waals surface area contributed by atoms with E-state index in [9.17, 15) is 4.79 Å². The van der Waals surface area contributed by atoms with E-state index in [1.165, 1.54) is 0 Å². The van der Waals surface area contributed by atoms with Crippen LogP contribution in [0, 0.1) is 5.41 Å². The first-order valence-electron chi connectivity index (χ1n) is 6.47. The van der Waals surface area contributed by atoms with Crippen molar-refractivity contribution >= 4 is 5.97 Å². The van der Waals surface area contributed by atoms with Crippen molar-refractivity contribution < 1.29 is 9.63 Å². The number of benzene rings is 1. The van der Waals surface area contributed by atoms with Crippen molar-refractivity contribution in [2.45, 2.75) is 25.3 Å². The molecule has 1 heterocycles. The molecule has 4 heteroatoms.